The standard InChI is InChI=1S/C13H14ClF3N2O/c14-9-4-8(13(15,16)17)5-11(6-9)19-12(20)7-1-2-10(18)3-7/h4-7,10H,1-3,18H2,(H,19,20). The highest BCUT2D eigenvalue weighted by atomic mass is 35.5. The van der Waals surface area contributed by atoms with E-state index in [-0.39, 0.29) is 28.6 Å². The number of nitrogens with two attached hydrogens (primary N) is 1. The SMILES string of the molecule is NC1CCC(C(=O)Nc2cc(Cl)cc(C(F)(F)F)c2)C1. The number of halogens is 4. The predicted octanol–water partition coefficient (Wildman–Crippen LogP) is 3.42. The summed E-state index contributed by atoms with van der Waals surface area (Å²) in [6, 6.07) is 2.97. The summed E-state index contributed by atoms with van der Waals surface area (Å²) in [5.41, 5.74) is 4.88. The number of carbonyl (C=O) groups is 1. The van der Waals surface area contributed by atoms with Crippen molar-refractivity contribution in [1.29, 1.82) is 0 Å². The Bertz CT molecular complexity index is 519. The van der Waals surface area contributed by atoms with Crippen LogP contribution in [0.15, 0.2) is 18.2 Å². The van der Waals surface area contributed by atoms with E-state index in [2.05, 4.69) is 5.32 Å². The Kier molecular flexibility index (Phi) is 4.25. The van der Waals surface area contributed by atoms with Gasteiger partial charge in [0.1, 0.15) is 0 Å². The van der Waals surface area contributed by atoms with Gasteiger partial charge in [0.2, 0.25) is 5.91 Å². The third-order valence-electron chi connectivity index (χ3n) is 3.34. The average Bonchev–Trinajstić information content (AvgIpc) is 2.74. The number of amides is 1. The molecular formula is C13H14ClF3N2O. The van der Waals surface area contributed by atoms with Gasteiger partial charge in [-0.2, -0.15) is 13.2 Å². The first-order chi connectivity index (χ1) is 9.25. The minimum Gasteiger partial charge on any atom is -0.328 e. The molecule has 2 atom stereocenters. The van der Waals surface area contributed by atoms with Gasteiger partial charge in [-0.05, 0) is 37.5 Å². The Labute approximate surface area is 119 Å². The molecule has 0 radical (unpaired) electrons. The Balaban J connectivity index is 2.13. The molecule has 1 fully saturated rings. The van der Waals surface area contributed by atoms with Crippen molar-refractivity contribution in [3.05, 3.63) is 28.8 Å². The van der Waals surface area contributed by atoms with Crippen molar-refractivity contribution in [2.24, 2.45) is 11.7 Å². The highest BCUT2D eigenvalue weighted by Crippen LogP contribution is 2.34. The Morgan fingerprint density at radius 1 is 1.30 bits per heavy atom. The molecule has 1 saturated carbocycles. The van der Waals surface area contributed by atoms with Gasteiger partial charge in [0.25, 0.3) is 0 Å². The summed E-state index contributed by atoms with van der Waals surface area (Å²) >= 11 is 5.65. The van der Waals surface area contributed by atoms with Crippen LogP contribution in [-0.4, -0.2) is 11.9 Å². The lowest BCUT2D eigenvalue weighted by molar-refractivity contribution is -0.137. The Hall–Kier alpha value is -1.27. The largest absolute Gasteiger partial charge is 0.416 e. The molecule has 0 spiro atoms. The van der Waals surface area contributed by atoms with Crippen LogP contribution in [0.4, 0.5) is 18.9 Å². The second kappa shape index (κ2) is 5.61. The van der Waals surface area contributed by atoms with Crippen molar-refractivity contribution in [1.82, 2.24) is 0 Å². The molecule has 1 aromatic rings. The number of benzene rings is 1. The summed E-state index contributed by atoms with van der Waals surface area (Å²) in [5.74, 6) is -0.563. The lowest BCUT2D eigenvalue weighted by atomic mass is 10.1. The second-order valence-electron chi connectivity index (χ2n) is 4.99. The lowest BCUT2D eigenvalue weighted by Crippen LogP contribution is -2.23. The summed E-state index contributed by atoms with van der Waals surface area (Å²) in [6.45, 7) is 0. The van der Waals surface area contributed by atoms with Crippen molar-refractivity contribution in [3.63, 3.8) is 0 Å². The van der Waals surface area contributed by atoms with Crippen LogP contribution >= 0.6 is 11.6 Å². The van der Waals surface area contributed by atoms with Gasteiger partial charge in [0, 0.05) is 22.7 Å². The summed E-state index contributed by atoms with van der Waals surface area (Å²) in [4.78, 5) is 11.9. The van der Waals surface area contributed by atoms with Crippen LogP contribution in [-0.2, 0) is 11.0 Å². The van der Waals surface area contributed by atoms with E-state index in [1.807, 2.05) is 0 Å². The van der Waals surface area contributed by atoms with Crippen molar-refractivity contribution in [2.75, 3.05) is 5.32 Å². The maximum Gasteiger partial charge on any atom is 0.416 e. The van der Waals surface area contributed by atoms with Crippen molar-refractivity contribution in [3.8, 4) is 0 Å². The van der Waals surface area contributed by atoms with Gasteiger partial charge in [0.05, 0.1) is 5.56 Å². The molecule has 0 bridgehead atoms. The molecule has 7 heteroatoms. The first-order valence-corrected chi connectivity index (χ1v) is 6.58. The first-order valence-electron chi connectivity index (χ1n) is 6.20. The zero-order valence-corrected chi connectivity index (χ0v) is 11.3. The van der Waals surface area contributed by atoms with E-state index in [0.717, 1.165) is 18.6 Å². The number of alkyl halides is 3. The molecule has 0 aromatic heterocycles. The second-order valence-corrected chi connectivity index (χ2v) is 5.42. The van der Waals surface area contributed by atoms with E-state index in [9.17, 15) is 18.0 Å². The van der Waals surface area contributed by atoms with Crippen molar-refractivity contribution in [2.45, 2.75) is 31.5 Å². The Morgan fingerprint density at radius 2 is 2.00 bits per heavy atom. The van der Waals surface area contributed by atoms with Gasteiger partial charge in [0.15, 0.2) is 0 Å². The third kappa shape index (κ3) is 3.64. The molecular weight excluding hydrogens is 293 g/mol. The molecule has 20 heavy (non-hydrogen) atoms. The molecule has 1 aliphatic carbocycles. The molecule has 0 saturated heterocycles. The van der Waals surface area contributed by atoms with E-state index in [1.165, 1.54) is 6.07 Å². The van der Waals surface area contributed by atoms with Gasteiger partial charge in [-0.1, -0.05) is 11.6 Å². The van der Waals surface area contributed by atoms with Crippen LogP contribution in [0.1, 0.15) is 24.8 Å². The van der Waals surface area contributed by atoms with E-state index in [0.29, 0.717) is 12.8 Å². The normalized spacial score (nSPS) is 22.9. The molecule has 1 aromatic carbocycles. The number of hydrogen-bond acceptors (Lipinski definition) is 2. The monoisotopic (exact) mass is 306 g/mol. The quantitative estimate of drug-likeness (QED) is 0.879. The van der Waals surface area contributed by atoms with Crippen LogP contribution in [0.2, 0.25) is 5.02 Å². The highest BCUT2D eigenvalue weighted by molar-refractivity contribution is 6.31. The summed E-state index contributed by atoms with van der Waals surface area (Å²) in [6.07, 6.45) is -2.54. The first kappa shape index (κ1) is 15.1. The fraction of sp³-hybridized carbons (Fsp3) is 0.462. The molecule has 3 N–H and O–H groups in total. The molecule has 0 aliphatic heterocycles. The number of anilines is 1. The van der Waals surface area contributed by atoms with Gasteiger partial charge in [-0.25, -0.2) is 0 Å². The fourth-order valence-electron chi connectivity index (χ4n) is 2.32. The van der Waals surface area contributed by atoms with Crippen LogP contribution in [0, 0.1) is 5.92 Å². The van der Waals surface area contributed by atoms with E-state index in [4.69, 9.17) is 17.3 Å². The van der Waals surface area contributed by atoms with Gasteiger partial charge in [-0.3, -0.25) is 4.79 Å². The van der Waals surface area contributed by atoms with E-state index < -0.39 is 11.7 Å². The highest BCUT2D eigenvalue weighted by Gasteiger charge is 2.32. The Morgan fingerprint density at radius 3 is 2.55 bits per heavy atom. The molecule has 2 unspecified atom stereocenters. The van der Waals surface area contributed by atoms with Crippen LogP contribution < -0.4 is 11.1 Å². The molecule has 3 nitrogen and oxygen atoms in total. The minimum absolute atomic E-state index is 0.0177. The molecule has 0 heterocycles. The third-order valence-corrected chi connectivity index (χ3v) is 3.55. The number of nitrogens with one attached hydrogen (secondary N) is 1. The summed E-state index contributed by atoms with van der Waals surface area (Å²) in [5, 5.41) is 2.41. The number of rotatable bonds is 2. The van der Waals surface area contributed by atoms with E-state index >= 15 is 0 Å². The minimum atomic E-state index is -4.50. The zero-order chi connectivity index (χ0) is 14.9. The fourth-order valence-corrected chi connectivity index (χ4v) is 2.56. The van der Waals surface area contributed by atoms with Gasteiger partial charge < -0.3 is 11.1 Å². The van der Waals surface area contributed by atoms with E-state index in [1.54, 1.807) is 0 Å². The molecule has 1 amide bonds. The average molecular weight is 307 g/mol. The maximum absolute atomic E-state index is 12.6. The van der Waals surface area contributed by atoms with Crippen molar-refractivity contribution >= 4 is 23.2 Å². The topological polar surface area (TPSA) is 55.1 Å². The van der Waals surface area contributed by atoms with Crippen LogP contribution in [0.5, 0.6) is 0 Å². The lowest BCUT2D eigenvalue weighted by Gasteiger charge is -2.13. The maximum atomic E-state index is 12.6. The molecule has 2 rings (SSSR count). The predicted molar refractivity (Wildman–Crippen MR) is 70.4 cm³/mol. The summed E-state index contributed by atoms with van der Waals surface area (Å²) < 4.78 is 37.9. The summed E-state index contributed by atoms with van der Waals surface area (Å²) in [7, 11) is 0. The zero-order valence-electron chi connectivity index (χ0n) is 10.5. The number of carbonyl (C=O) groups excluding carboxylic acids is 1. The van der Waals surface area contributed by atoms with Gasteiger partial charge in [-0.15, -0.1) is 0 Å². The van der Waals surface area contributed by atoms with Gasteiger partial charge >= 0.3 is 6.18 Å². The van der Waals surface area contributed by atoms with Crippen LogP contribution in [0.25, 0.3) is 0 Å². The smallest absolute Gasteiger partial charge is 0.328 e. The molecule has 110 valence electrons. The van der Waals surface area contributed by atoms with Crippen molar-refractivity contribution < 1.29 is 18.0 Å². The molecule has 1 aliphatic rings. The van der Waals surface area contributed by atoms with Crippen LogP contribution in [0.3, 0.4) is 0 Å². The number of hydrogen-bond donors (Lipinski definition) is 2.